The largest absolute Gasteiger partial charge is 0.330 e. The molecule has 3 N–H and O–H groups in total. The molecular formula is C14H21N3O. The van der Waals surface area contributed by atoms with E-state index in [0.717, 1.165) is 31.5 Å². The van der Waals surface area contributed by atoms with Crippen LogP contribution in [-0.4, -0.2) is 17.4 Å². The summed E-state index contributed by atoms with van der Waals surface area (Å²) in [6.45, 7) is 2.89. The third-order valence-electron chi connectivity index (χ3n) is 3.90. The lowest BCUT2D eigenvalue weighted by atomic mass is 9.74. The van der Waals surface area contributed by atoms with Crippen molar-refractivity contribution in [3.8, 4) is 0 Å². The summed E-state index contributed by atoms with van der Waals surface area (Å²) in [5.41, 5.74) is 6.53. The van der Waals surface area contributed by atoms with Crippen LogP contribution in [0.25, 0.3) is 0 Å². The number of pyridine rings is 1. The minimum atomic E-state index is 0.112. The fourth-order valence-electron chi connectivity index (χ4n) is 2.78. The van der Waals surface area contributed by atoms with Crippen LogP contribution in [0.15, 0.2) is 24.5 Å². The normalized spacial score (nSPS) is 27.8. The minimum absolute atomic E-state index is 0.112. The molecule has 1 amide bonds. The highest BCUT2D eigenvalue weighted by molar-refractivity contribution is 5.92. The molecule has 4 heteroatoms. The van der Waals surface area contributed by atoms with Crippen molar-refractivity contribution in [2.75, 3.05) is 11.9 Å². The highest BCUT2D eigenvalue weighted by atomic mass is 16.1. The first-order chi connectivity index (χ1) is 8.70. The maximum absolute atomic E-state index is 12.2. The van der Waals surface area contributed by atoms with Gasteiger partial charge in [-0.1, -0.05) is 6.92 Å². The van der Waals surface area contributed by atoms with Crippen molar-refractivity contribution in [1.82, 2.24) is 4.98 Å². The highest BCUT2D eigenvalue weighted by Crippen LogP contribution is 2.33. The molecule has 1 fully saturated rings. The van der Waals surface area contributed by atoms with Gasteiger partial charge in [0.05, 0.1) is 0 Å². The standard InChI is InChI=1S/C14H21N3O/c1-10-8-11(9-15)2-3-13(10)14(18)17-12-4-6-16-7-5-12/h4-7,10-11,13H,2-3,8-9,15H2,1H3,(H,16,17,18). The van der Waals surface area contributed by atoms with Crippen molar-refractivity contribution in [3.63, 3.8) is 0 Å². The second-order valence-electron chi connectivity index (χ2n) is 5.22. The molecule has 2 rings (SSSR count). The molecule has 1 aliphatic carbocycles. The first kappa shape index (κ1) is 13.0. The van der Waals surface area contributed by atoms with E-state index in [1.807, 2.05) is 12.1 Å². The van der Waals surface area contributed by atoms with Crippen LogP contribution in [-0.2, 0) is 4.79 Å². The zero-order chi connectivity index (χ0) is 13.0. The van der Waals surface area contributed by atoms with Crippen LogP contribution in [0.1, 0.15) is 26.2 Å². The fraction of sp³-hybridized carbons (Fsp3) is 0.571. The van der Waals surface area contributed by atoms with Gasteiger partial charge in [-0.2, -0.15) is 0 Å². The minimum Gasteiger partial charge on any atom is -0.330 e. The Morgan fingerprint density at radius 3 is 2.78 bits per heavy atom. The van der Waals surface area contributed by atoms with Crippen LogP contribution < -0.4 is 11.1 Å². The molecule has 98 valence electrons. The summed E-state index contributed by atoms with van der Waals surface area (Å²) in [5.74, 6) is 1.24. The number of rotatable bonds is 3. The van der Waals surface area contributed by atoms with Gasteiger partial charge in [0.2, 0.25) is 5.91 Å². The summed E-state index contributed by atoms with van der Waals surface area (Å²) in [4.78, 5) is 16.1. The van der Waals surface area contributed by atoms with Gasteiger partial charge in [0.1, 0.15) is 0 Å². The summed E-state index contributed by atoms with van der Waals surface area (Å²) in [6, 6.07) is 3.63. The van der Waals surface area contributed by atoms with E-state index in [4.69, 9.17) is 5.73 Å². The van der Waals surface area contributed by atoms with Gasteiger partial charge < -0.3 is 11.1 Å². The third-order valence-corrected chi connectivity index (χ3v) is 3.90. The van der Waals surface area contributed by atoms with E-state index >= 15 is 0 Å². The molecule has 1 aromatic rings. The number of hydrogen-bond acceptors (Lipinski definition) is 3. The van der Waals surface area contributed by atoms with Crippen molar-refractivity contribution in [3.05, 3.63) is 24.5 Å². The predicted molar refractivity (Wildman–Crippen MR) is 71.9 cm³/mol. The van der Waals surface area contributed by atoms with Crippen molar-refractivity contribution in [1.29, 1.82) is 0 Å². The maximum atomic E-state index is 12.2. The Hall–Kier alpha value is -1.42. The molecule has 1 saturated carbocycles. The number of amides is 1. The quantitative estimate of drug-likeness (QED) is 0.858. The first-order valence-corrected chi connectivity index (χ1v) is 6.61. The molecule has 18 heavy (non-hydrogen) atoms. The van der Waals surface area contributed by atoms with Crippen molar-refractivity contribution >= 4 is 11.6 Å². The number of carbonyl (C=O) groups excluding carboxylic acids is 1. The van der Waals surface area contributed by atoms with Crippen molar-refractivity contribution < 1.29 is 4.79 Å². The first-order valence-electron chi connectivity index (χ1n) is 6.61. The number of aromatic nitrogens is 1. The van der Waals surface area contributed by atoms with E-state index in [1.165, 1.54) is 0 Å². The van der Waals surface area contributed by atoms with Gasteiger partial charge in [0.25, 0.3) is 0 Å². The van der Waals surface area contributed by atoms with Crippen LogP contribution in [0.5, 0.6) is 0 Å². The van der Waals surface area contributed by atoms with Gasteiger partial charge in [-0.15, -0.1) is 0 Å². The molecule has 3 atom stereocenters. The number of carbonyl (C=O) groups is 1. The third kappa shape index (κ3) is 3.07. The molecule has 4 nitrogen and oxygen atoms in total. The van der Waals surface area contributed by atoms with Gasteiger partial charge in [-0.05, 0) is 49.8 Å². The van der Waals surface area contributed by atoms with Gasteiger partial charge in [0.15, 0.2) is 0 Å². The summed E-state index contributed by atoms with van der Waals surface area (Å²) >= 11 is 0. The Labute approximate surface area is 108 Å². The zero-order valence-corrected chi connectivity index (χ0v) is 10.8. The summed E-state index contributed by atoms with van der Waals surface area (Å²) in [7, 11) is 0. The lowest BCUT2D eigenvalue weighted by Crippen LogP contribution is -2.35. The van der Waals surface area contributed by atoms with E-state index in [0.29, 0.717) is 11.8 Å². The SMILES string of the molecule is CC1CC(CN)CCC1C(=O)Nc1ccncc1. The van der Waals surface area contributed by atoms with E-state index in [2.05, 4.69) is 17.2 Å². The van der Waals surface area contributed by atoms with Gasteiger partial charge in [-0.3, -0.25) is 9.78 Å². The lowest BCUT2D eigenvalue weighted by Gasteiger charge is -2.32. The Kier molecular flexibility index (Phi) is 4.31. The molecule has 0 radical (unpaired) electrons. The van der Waals surface area contributed by atoms with E-state index in [-0.39, 0.29) is 11.8 Å². The highest BCUT2D eigenvalue weighted by Gasteiger charge is 2.31. The zero-order valence-electron chi connectivity index (χ0n) is 10.8. The van der Waals surface area contributed by atoms with Crippen molar-refractivity contribution in [2.45, 2.75) is 26.2 Å². The molecule has 0 aliphatic heterocycles. The van der Waals surface area contributed by atoms with Crippen LogP contribution in [0.3, 0.4) is 0 Å². The number of nitrogens with one attached hydrogen (secondary N) is 1. The molecule has 1 aromatic heterocycles. The predicted octanol–water partition coefficient (Wildman–Crippen LogP) is 2.03. The van der Waals surface area contributed by atoms with Crippen LogP contribution in [0, 0.1) is 17.8 Å². The van der Waals surface area contributed by atoms with E-state index < -0.39 is 0 Å². The Balaban J connectivity index is 1.94. The Morgan fingerprint density at radius 2 is 2.17 bits per heavy atom. The second kappa shape index (κ2) is 5.96. The Morgan fingerprint density at radius 1 is 1.44 bits per heavy atom. The van der Waals surface area contributed by atoms with E-state index in [1.54, 1.807) is 12.4 Å². The molecule has 3 unspecified atom stereocenters. The van der Waals surface area contributed by atoms with Crippen molar-refractivity contribution in [2.24, 2.45) is 23.5 Å². The summed E-state index contributed by atoms with van der Waals surface area (Å²) in [5, 5.41) is 2.96. The summed E-state index contributed by atoms with van der Waals surface area (Å²) < 4.78 is 0. The monoisotopic (exact) mass is 247 g/mol. The molecule has 1 aliphatic rings. The second-order valence-corrected chi connectivity index (χ2v) is 5.22. The van der Waals surface area contributed by atoms with Gasteiger partial charge in [-0.25, -0.2) is 0 Å². The number of nitrogens with two attached hydrogens (primary N) is 1. The van der Waals surface area contributed by atoms with Gasteiger partial charge >= 0.3 is 0 Å². The molecule has 0 saturated heterocycles. The number of nitrogens with zero attached hydrogens (tertiary/aromatic N) is 1. The van der Waals surface area contributed by atoms with Crippen LogP contribution in [0.2, 0.25) is 0 Å². The fourth-order valence-corrected chi connectivity index (χ4v) is 2.78. The average Bonchev–Trinajstić information content (AvgIpc) is 2.39. The molecule has 0 aromatic carbocycles. The topological polar surface area (TPSA) is 68.0 Å². The summed E-state index contributed by atoms with van der Waals surface area (Å²) in [6.07, 6.45) is 6.44. The number of anilines is 1. The lowest BCUT2D eigenvalue weighted by molar-refractivity contribution is -0.122. The maximum Gasteiger partial charge on any atom is 0.227 e. The average molecular weight is 247 g/mol. The molecular weight excluding hydrogens is 226 g/mol. The molecule has 0 spiro atoms. The van der Waals surface area contributed by atoms with Crippen LogP contribution >= 0.6 is 0 Å². The van der Waals surface area contributed by atoms with E-state index in [9.17, 15) is 4.79 Å². The molecule has 1 heterocycles. The van der Waals surface area contributed by atoms with Gasteiger partial charge in [0, 0.05) is 24.0 Å². The molecule has 0 bridgehead atoms. The smallest absolute Gasteiger partial charge is 0.227 e. The Bertz CT molecular complexity index is 393. The number of hydrogen-bond donors (Lipinski definition) is 2. The van der Waals surface area contributed by atoms with Crippen LogP contribution in [0.4, 0.5) is 5.69 Å².